The zero-order valence-electron chi connectivity index (χ0n) is 12.8. The predicted molar refractivity (Wildman–Crippen MR) is 86.8 cm³/mol. The first kappa shape index (κ1) is 15.4. The van der Waals surface area contributed by atoms with Crippen LogP contribution in [0.4, 0.5) is 5.69 Å². The third-order valence-corrected chi connectivity index (χ3v) is 3.20. The Morgan fingerprint density at radius 1 is 1.10 bits per heavy atom. The van der Waals surface area contributed by atoms with Gasteiger partial charge in [0.2, 0.25) is 0 Å². The predicted octanol–water partition coefficient (Wildman–Crippen LogP) is 3.93. The van der Waals surface area contributed by atoms with Gasteiger partial charge in [0.15, 0.2) is 0 Å². The number of hydrogen-bond donors (Lipinski definition) is 2. The van der Waals surface area contributed by atoms with Crippen LogP contribution in [0.3, 0.4) is 0 Å². The van der Waals surface area contributed by atoms with Crippen molar-refractivity contribution in [3.05, 3.63) is 59.7 Å². The molecule has 0 saturated heterocycles. The smallest absolute Gasteiger partial charge is 0.119 e. The quantitative estimate of drug-likeness (QED) is 0.845. The maximum Gasteiger partial charge on any atom is 0.119 e. The minimum Gasteiger partial charge on any atom is -0.491 e. The van der Waals surface area contributed by atoms with E-state index in [1.807, 2.05) is 50.2 Å². The lowest BCUT2D eigenvalue weighted by Crippen LogP contribution is -2.15. The van der Waals surface area contributed by atoms with E-state index in [9.17, 15) is 5.11 Å². The molecule has 0 amide bonds. The van der Waals surface area contributed by atoms with Gasteiger partial charge >= 0.3 is 0 Å². The number of aryl methyl sites for hydroxylation is 1. The number of ether oxygens (including phenoxy) is 1. The van der Waals surface area contributed by atoms with Crippen molar-refractivity contribution in [3.8, 4) is 5.75 Å². The molecule has 2 aromatic rings. The molecule has 0 aliphatic heterocycles. The Kier molecular flexibility index (Phi) is 5.23. The summed E-state index contributed by atoms with van der Waals surface area (Å²) in [5.74, 6) is 0.848. The van der Waals surface area contributed by atoms with Crippen LogP contribution in [0.25, 0.3) is 0 Å². The van der Waals surface area contributed by atoms with E-state index in [1.165, 1.54) is 5.56 Å². The van der Waals surface area contributed by atoms with Crippen molar-refractivity contribution in [2.24, 2.45) is 0 Å². The fraction of sp³-hybridized carbons (Fsp3) is 0.333. The average Bonchev–Trinajstić information content (AvgIpc) is 2.45. The van der Waals surface area contributed by atoms with Crippen molar-refractivity contribution in [1.29, 1.82) is 0 Å². The van der Waals surface area contributed by atoms with Crippen molar-refractivity contribution in [2.45, 2.75) is 32.9 Å². The summed E-state index contributed by atoms with van der Waals surface area (Å²) >= 11 is 0. The molecule has 0 fully saturated rings. The van der Waals surface area contributed by atoms with Crippen molar-refractivity contribution < 1.29 is 9.84 Å². The molecule has 0 saturated carbocycles. The van der Waals surface area contributed by atoms with Gasteiger partial charge < -0.3 is 15.2 Å². The van der Waals surface area contributed by atoms with E-state index >= 15 is 0 Å². The lowest BCUT2D eigenvalue weighted by atomic mass is 10.1. The molecular formula is C18H23NO2. The fourth-order valence-corrected chi connectivity index (χ4v) is 2.22. The number of anilines is 1. The van der Waals surface area contributed by atoms with E-state index in [2.05, 4.69) is 24.4 Å². The van der Waals surface area contributed by atoms with Gasteiger partial charge in [-0.15, -0.1) is 0 Å². The molecule has 21 heavy (non-hydrogen) atoms. The number of aliphatic hydroxyl groups is 1. The SMILES string of the molecule is Cc1cccc(NC(CO)c2ccc(OC(C)C)cc2)c1. The van der Waals surface area contributed by atoms with Gasteiger partial charge in [-0.25, -0.2) is 0 Å². The summed E-state index contributed by atoms with van der Waals surface area (Å²) in [5.41, 5.74) is 3.24. The average molecular weight is 285 g/mol. The molecule has 0 radical (unpaired) electrons. The van der Waals surface area contributed by atoms with E-state index < -0.39 is 0 Å². The van der Waals surface area contributed by atoms with Gasteiger partial charge in [0.05, 0.1) is 18.8 Å². The summed E-state index contributed by atoms with van der Waals surface area (Å²) in [6.07, 6.45) is 0.162. The van der Waals surface area contributed by atoms with E-state index in [0.717, 1.165) is 17.0 Å². The molecule has 3 nitrogen and oxygen atoms in total. The van der Waals surface area contributed by atoms with E-state index in [1.54, 1.807) is 0 Å². The van der Waals surface area contributed by atoms with Gasteiger partial charge in [-0.1, -0.05) is 24.3 Å². The molecule has 2 rings (SSSR count). The summed E-state index contributed by atoms with van der Waals surface area (Å²) in [5, 5.41) is 13.0. The molecule has 2 aromatic carbocycles. The molecule has 0 bridgehead atoms. The molecule has 1 unspecified atom stereocenters. The highest BCUT2D eigenvalue weighted by Gasteiger charge is 2.10. The monoisotopic (exact) mass is 285 g/mol. The number of benzene rings is 2. The van der Waals surface area contributed by atoms with Gasteiger partial charge in [0, 0.05) is 5.69 Å². The second-order valence-corrected chi connectivity index (χ2v) is 5.48. The summed E-state index contributed by atoms with van der Waals surface area (Å²) in [6, 6.07) is 15.9. The maximum atomic E-state index is 9.63. The summed E-state index contributed by atoms with van der Waals surface area (Å²) in [7, 11) is 0. The first-order chi connectivity index (χ1) is 10.1. The number of aliphatic hydroxyl groups excluding tert-OH is 1. The molecule has 0 heterocycles. The van der Waals surface area contributed by atoms with Crippen molar-refractivity contribution in [2.75, 3.05) is 11.9 Å². The summed E-state index contributed by atoms with van der Waals surface area (Å²) in [4.78, 5) is 0. The molecule has 1 atom stereocenters. The Balaban J connectivity index is 2.10. The highest BCUT2D eigenvalue weighted by Crippen LogP contribution is 2.22. The summed E-state index contributed by atoms with van der Waals surface area (Å²) < 4.78 is 5.63. The number of rotatable bonds is 6. The van der Waals surface area contributed by atoms with Gasteiger partial charge in [0.25, 0.3) is 0 Å². The molecule has 3 heteroatoms. The standard InChI is InChI=1S/C18H23NO2/c1-13(2)21-17-9-7-15(8-10-17)18(12-20)19-16-6-4-5-14(3)11-16/h4-11,13,18-20H,12H2,1-3H3. The maximum absolute atomic E-state index is 9.63. The second kappa shape index (κ2) is 7.14. The summed E-state index contributed by atoms with van der Waals surface area (Å²) in [6.45, 7) is 6.10. The van der Waals surface area contributed by atoms with Gasteiger partial charge in [-0.3, -0.25) is 0 Å². The fourth-order valence-electron chi connectivity index (χ4n) is 2.22. The minimum atomic E-state index is -0.125. The number of hydrogen-bond acceptors (Lipinski definition) is 3. The molecule has 112 valence electrons. The van der Waals surface area contributed by atoms with Crippen LogP contribution in [-0.2, 0) is 0 Å². The van der Waals surface area contributed by atoms with Crippen LogP contribution in [0.1, 0.15) is 31.0 Å². The van der Waals surface area contributed by atoms with Crippen LogP contribution < -0.4 is 10.1 Å². The molecule has 0 aromatic heterocycles. The lowest BCUT2D eigenvalue weighted by molar-refractivity contribution is 0.242. The van der Waals surface area contributed by atoms with Gasteiger partial charge in [0.1, 0.15) is 5.75 Å². The van der Waals surface area contributed by atoms with E-state index in [0.29, 0.717) is 0 Å². The second-order valence-electron chi connectivity index (χ2n) is 5.48. The van der Waals surface area contributed by atoms with E-state index in [4.69, 9.17) is 4.74 Å². The molecule has 0 aliphatic carbocycles. The lowest BCUT2D eigenvalue weighted by Gasteiger charge is -2.19. The molecule has 0 spiro atoms. The third kappa shape index (κ3) is 4.50. The van der Waals surface area contributed by atoms with Gasteiger partial charge in [-0.05, 0) is 56.2 Å². The topological polar surface area (TPSA) is 41.5 Å². The zero-order valence-corrected chi connectivity index (χ0v) is 12.8. The zero-order chi connectivity index (χ0) is 15.2. The van der Waals surface area contributed by atoms with Crippen LogP contribution in [0.5, 0.6) is 5.75 Å². The van der Waals surface area contributed by atoms with Crippen LogP contribution in [0.2, 0.25) is 0 Å². The highest BCUT2D eigenvalue weighted by molar-refractivity contribution is 5.48. The van der Waals surface area contributed by atoms with Crippen molar-refractivity contribution in [3.63, 3.8) is 0 Å². The van der Waals surface area contributed by atoms with Crippen LogP contribution in [0, 0.1) is 6.92 Å². The first-order valence-electron chi connectivity index (χ1n) is 7.29. The van der Waals surface area contributed by atoms with Gasteiger partial charge in [-0.2, -0.15) is 0 Å². The first-order valence-corrected chi connectivity index (χ1v) is 7.29. The molecule has 2 N–H and O–H groups in total. The Bertz CT molecular complexity index is 564. The number of nitrogens with one attached hydrogen (secondary N) is 1. The Morgan fingerprint density at radius 3 is 2.38 bits per heavy atom. The minimum absolute atomic E-state index is 0.0400. The molecular weight excluding hydrogens is 262 g/mol. The van der Waals surface area contributed by atoms with E-state index in [-0.39, 0.29) is 18.8 Å². The normalized spacial score (nSPS) is 12.2. The van der Waals surface area contributed by atoms with Crippen LogP contribution in [0.15, 0.2) is 48.5 Å². The van der Waals surface area contributed by atoms with Crippen LogP contribution >= 0.6 is 0 Å². The van der Waals surface area contributed by atoms with Crippen molar-refractivity contribution >= 4 is 5.69 Å². The van der Waals surface area contributed by atoms with Crippen LogP contribution in [-0.4, -0.2) is 17.8 Å². The largest absolute Gasteiger partial charge is 0.491 e. The Morgan fingerprint density at radius 2 is 1.81 bits per heavy atom. The Hall–Kier alpha value is -2.00. The third-order valence-electron chi connectivity index (χ3n) is 3.20. The highest BCUT2D eigenvalue weighted by atomic mass is 16.5. The Labute approximate surface area is 126 Å². The van der Waals surface area contributed by atoms with Crippen molar-refractivity contribution in [1.82, 2.24) is 0 Å². The molecule has 0 aliphatic rings.